The number of hydrogen-bond donors (Lipinski definition) is 1. The summed E-state index contributed by atoms with van der Waals surface area (Å²) in [6, 6.07) is 14.1. The summed E-state index contributed by atoms with van der Waals surface area (Å²) in [7, 11) is 0. The van der Waals surface area contributed by atoms with E-state index in [1.54, 1.807) is 18.2 Å². The van der Waals surface area contributed by atoms with Gasteiger partial charge in [-0.15, -0.1) is 11.8 Å². The van der Waals surface area contributed by atoms with Gasteiger partial charge in [0.2, 0.25) is 5.91 Å². The van der Waals surface area contributed by atoms with E-state index in [4.69, 9.17) is 0 Å². The molecule has 0 radical (unpaired) electrons. The van der Waals surface area contributed by atoms with Gasteiger partial charge in [0.15, 0.2) is 0 Å². The number of nitro groups is 1. The van der Waals surface area contributed by atoms with Crippen LogP contribution >= 0.6 is 11.8 Å². The number of para-hydroxylation sites is 1. The summed E-state index contributed by atoms with van der Waals surface area (Å²) in [6.07, 6.45) is 1.27. The molecule has 23 heavy (non-hydrogen) atoms. The van der Waals surface area contributed by atoms with E-state index in [1.165, 1.54) is 24.0 Å². The van der Waals surface area contributed by atoms with Crippen molar-refractivity contribution in [1.82, 2.24) is 5.43 Å². The van der Waals surface area contributed by atoms with Gasteiger partial charge in [-0.05, 0) is 25.1 Å². The first-order valence-corrected chi connectivity index (χ1v) is 7.79. The Morgan fingerprint density at radius 1 is 1.26 bits per heavy atom. The van der Waals surface area contributed by atoms with Crippen LogP contribution in [0.15, 0.2) is 58.5 Å². The van der Waals surface area contributed by atoms with E-state index in [1.807, 2.05) is 31.2 Å². The summed E-state index contributed by atoms with van der Waals surface area (Å²) in [5.74, 6) is -0.0532. The molecule has 1 N–H and O–H groups in total. The third kappa shape index (κ3) is 5.23. The summed E-state index contributed by atoms with van der Waals surface area (Å²) in [5, 5.41) is 14.6. The molecule has 0 bridgehead atoms. The number of carbonyl (C=O) groups excluding carboxylic acids is 1. The normalized spacial score (nSPS) is 10.7. The zero-order valence-electron chi connectivity index (χ0n) is 12.4. The first kappa shape index (κ1) is 16.7. The van der Waals surface area contributed by atoms with Crippen molar-refractivity contribution in [2.45, 2.75) is 11.8 Å². The highest BCUT2D eigenvalue weighted by Crippen LogP contribution is 2.18. The molecule has 0 unspecified atom stereocenters. The molecule has 0 atom stereocenters. The Labute approximate surface area is 137 Å². The molecule has 7 heteroatoms. The van der Waals surface area contributed by atoms with Crippen LogP contribution in [-0.2, 0) is 4.79 Å². The smallest absolute Gasteiger partial charge is 0.272 e. The molecule has 6 nitrogen and oxygen atoms in total. The Balaban J connectivity index is 1.87. The van der Waals surface area contributed by atoms with Crippen molar-refractivity contribution >= 4 is 29.6 Å². The van der Waals surface area contributed by atoms with Gasteiger partial charge in [-0.3, -0.25) is 14.9 Å². The quantitative estimate of drug-likeness (QED) is 0.382. The molecular weight excluding hydrogens is 314 g/mol. The molecule has 0 saturated heterocycles. The van der Waals surface area contributed by atoms with Crippen LogP contribution in [0.3, 0.4) is 0 Å². The molecule has 0 fully saturated rings. The number of carbonyl (C=O) groups is 1. The summed E-state index contributed by atoms with van der Waals surface area (Å²) in [4.78, 5) is 23.1. The van der Waals surface area contributed by atoms with Crippen molar-refractivity contribution in [3.05, 3.63) is 69.8 Å². The van der Waals surface area contributed by atoms with Crippen LogP contribution in [0.25, 0.3) is 0 Å². The number of aryl methyl sites for hydroxylation is 1. The second kappa shape index (κ2) is 8.09. The molecule has 0 aliphatic heterocycles. The molecule has 0 saturated carbocycles. The minimum atomic E-state index is -0.490. The van der Waals surface area contributed by atoms with E-state index in [2.05, 4.69) is 10.5 Å². The molecule has 2 rings (SSSR count). The van der Waals surface area contributed by atoms with Crippen LogP contribution in [0.5, 0.6) is 0 Å². The maximum atomic E-state index is 11.7. The number of nitrogens with one attached hydrogen (secondary N) is 1. The third-order valence-electron chi connectivity index (χ3n) is 2.92. The predicted octanol–water partition coefficient (Wildman–Crippen LogP) is 3.15. The Hall–Kier alpha value is -2.67. The SMILES string of the molecule is Cc1ccc(SCC(=O)N/N=C\c2ccccc2[N+](=O)[O-])cc1. The second-order valence-corrected chi connectivity index (χ2v) is 5.76. The lowest BCUT2D eigenvalue weighted by molar-refractivity contribution is -0.385. The molecular formula is C16H15N3O3S. The molecule has 0 aromatic heterocycles. The van der Waals surface area contributed by atoms with E-state index >= 15 is 0 Å². The fourth-order valence-corrected chi connectivity index (χ4v) is 2.44. The van der Waals surface area contributed by atoms with Gasteiger partial charge >= 0.3 is 0 Å². The molecule has 0 spiro atoms. The number of nitro benzene ring substituents is 1. The van der Waals surface area contributed by atoms with Crippen molar-refractivity contribution in [3.8, 4) is 0 Å². The maximum Gasteiger partial charge on any atom is 0.278 e. The highest BCUT2D eigenvalue weighted by Gasteiger charge is 2.10. The Bertz CT molecular complexity index is 730. The van der Waals surface area contributed by atoms with Gasteiger partial charge in [0.25, 0.3) is 5.69 Å². The lowest BCUT2D eigenvalue weighted by Crippen LogP contribution is -2.19. The van der Waals surface area contributed by atoms with Crippen LogP contribution in [0.4, 0.5) is 5.69 Å². The van der Waals surface area contributed by atoms with Crippen molar-refractivity contribution in [1.29, 1.82) is 0 Å². The topological polar surface area (TPSA) is 84.6 Å². The second-order valence-electron chi connectivity index (χ2n) is 4.71. The van der Waals surface area contributed by atoms with Crippen molar-refractivity contribution in [2.24, 2.45) is 5.10 Å². The van der Waals surface area contributed by atoms with E-state index < -0.39 is 4.92 Å². The molecule has 118 valence electrons. The lowest BCUT2D eigenvalue weighted by atomic mass is 10.2. The average molecular weight is 329 g/mol. The first-order valence-electron chi connectivity index (χ1n) is 6.81. The number of thioether (sulfide) groups is 1. The third-order valence-corrected chi connectivity index (χ3v) is 3.93. The Kier molecular flexibility index (Phi) is 5.87. The predicted molar refractivity (Wildman–Crippen MR) is 90.7 cm³/mol. The molecule has 0 aliphatic rings. The number of rotatable bonds is 6. The van der Waals surface area contributed by atoms with Gasteiger partial charge in [0, 0.05) is 11.0 Å². The van der Waals surface area contributed by atoms with E-state index in [0.29, 0.717) is 5.56 Å². The van der Waals surface area contributed by atoms with E-state index in [9.17, 15) is 14.9 Å². The van der Waals surface area contributed by atoms with Crippen molar-refractivity contribution in [2.75, 3.05) is 5.75 Å². The standard InChI is InChI=1S/C16H15N3O3S/c1-12-6-8-14(9-7-12)23-11-16(20)18-17-10-13-4-2-3-5-15(13)19(21)22/h2-10H,11H2,1H3,(H,18,20)/b17-10-. The zero-order valence-corrected chi connectivity index (χ0v) is 13.2. The van der Waals surface area contributed by atoms with Crippen LogP contribution in [0.1, 0.15) is 11.1 Å². The van der Waals surface area contributed by atoms with E-state index in [-0.39, 0.29) is 17.3 Å². The summed E-state index contributed by atoms with van der Waals surface area (Å²) in [6.45, 7) is 2.00. The molecule has 2 aromatic rings. The molecule has 0 aliphatic carbocycles. The van der Waals surface area contributed by atoms with Gasteiger partial charge in [0.05, 0.1) is 22.5 Å². The summed E-state index contributed by atoms with van der Waals surface area (Å²) >= 11 is 1.40. The fraction of sp³-hybridized carbons (Fsp3) is 0.125. The van der Waals surface area contributed by atoms with Crippen LogP contribution in [-0.4, -0.2) is 22.8 Å². The number of hydrazone groups is 1. The number of amides is 1. The van der Waals surface area contributed by atoms with Gasteiger partial charge in [-0.25, -0.2) is 5.43 Å². The number of hydrogen-bond acceptors (Lipinski definition) is 5. The lowest BCUT2D eigenvalue weighted by Gasteiger charge is -2.01. The van der Waals surface area contributed by atoms with Gasteiger partial charge in [-0.2, -0.15) is 5.10 Å². The van der Waals surface area contributed by atoms with Crippen molar-refractivity contribution in [3.63, 3.8) is 0 Å². The largest absolute Gasteiger partial charge is 0.278 e. The van der Waals surface area contributed by atoms with Crippen LogP contribution < -0.4 is 5.43 Å². The number of nitrogens with zero attached hydrogens (tertiary/aromatic N) is 2. The van der Waals surface area contributed by atoms with E-state index in [0.717, 1.165) is 10.5 Å². The monoisotopic (exact) mass is 329 g/mol. The first-order chi connectivity index (χ1) is 11.1. The Morgan fingerprint density at radius 3 is 2.65 bits per heavy atom. The summed E-state index contributed by atoms with van der Waals surface area (Å²) < 4.78 is 0. The maximum absolute atomic E-state index is 11.7. The molecule has 1 amide bonds. The van der Waals surface area contributed by atoms with Crippen LogP contribution in [0.2, 0.25) is 0 Å². The average Bonchev–Trinajstić information content (AvgIpc) is 2.54. The van der Waals surface area contributed by atoms with Gasteiger partial charge < -0.3 is 0 Å². The minimum absolute atomic E-state index is 0.0560. The highest BCUT2D eigenvalue weighted by atomic mass is 32.2. The zero-order chi connectivity index (χ0) is 16.7. The van der Waals surface area contributed by atoms with Gasteiger partial charge in [0.1, 0.15) is 0 Å². The Morgan fingerprint density at radius 2 is 1.96 bits per heavy atom. The fourth-order valence-electron chi connectivity index (χ4n) is 1.75. The van der Waals surface area contributed by atoms with Crippen LogP contribution in [0, 0.1) is 17.0 Å². The van der Waals surface area contributed by atoms with Crippen molar-refractivity contribution < 1.29 is 9.72 Å². The summed E-state index contributed by atoms with van der Waals surface area (Å²) in [5.41, 5.74) is 3.81. The van der Waals surface area contributed by atoms with Gasteiger partial charge in [-0.1, -0.05) is 29.8 Å². The molecule has 0 heterocycles. The highest BCUT2D eigenvalue weighted by molar-refractivity contribution is 8.00. The number of benzene rings is 2. The minimum Gasteiger partial charge on any atom is -0.272 e. The molecule has 2 aromatic carbocycles.